The Bertz CT molecular complexity index is 777. The lowest BCUT2D eigenvalue weighted by atomic mass is 9.96. The summed E-state index contributed by atoms with van der Waals surface area (Å²) in [5.41, 5.74) is 1.81. The van der Waals surface area contributed by atoms with Crippen LogP contribution in [0.15, 0.2) is 47.5 Å². The van der Waals surface area contributed by atoms with E-state index in [0.29, 0.717) is 6.54 Å². The van der Waals surface area contributed by atoms with Crippen molar-refractivity contribution in [2.75, 3.05) is 10.8 Å². The molecule has 2 aromatic rings. The molecule has 6 heteroatoms. The number of aromatic nitrogens is 1. The van der Waals surface area contributed by atoms with Crippen LogP contribution in [0.4, 0.5) is 5.69 Å². The summed E-state index contributed by atoms with van der Waals surface area (Å²) in [7, 11) is -3.62. The highest BCUT2D eigenvalue weighted by molar-refractivity contribution is 7.92. The molecule has 0 bridgehead atoms. The van der Waals surface area contributed by atoms with Crippen LogP contribution in [-0.4, -0.2) is 19.9 Å². The molecule has 0 aliphatic carbocycles. The van der Waals surface area contributed by atoms with E-state index in [-0.39, 0.29) is 16.0 Å². The SMILES string of the molecule is CC1Cc2ccccc2N(S(=O)(=O)c2ccnc(Cl)c2)C1. The number of benzene rings is 1. The molecule has 0 N–H and O–H groups in total. The summed E-state index contributed by atoms with van der Waals surface area (Å²) >= 11 is 5.82. The zero-order valence-corrected chi connectivity index (χ0v) is 13.1. The summed E-state index contributed by atoms with van der Waals surface area (Å²) in [6, 6.07) is 10.5. The highest BCUT2D eigenvalue weighted by Gasteiger charge is 2.31. The van der Waals surface area contributed by atoms with Gasteiger partial charge in [-0.25, -0.2) is 13.4 Å². The number of pyridine rings is 1. The van der Waals surface area contributed by atoms with Gasteiger partial charge in [-0.05, 0) is 36.1 Å². The van der Waals surface area contributed by atoms with Crippen molar-refractivity contribution in [2.45, 2.75) is 18.2 Å². The summed E-state index contributed by atoms with van der Waals surface area (Å²) in [4.78, 5) is 4.01. The molecule has 2 heterocycles. The first kappa shape index (κ1) is 14.4. The quantitative estimate of drug-likeness (QED) is 0.798. The van der Waals surface area contributed by atoms with Crippen molar-refractivity contribution in [1.82, 2.24) is 4.98 Å². The van der Waals surface area contributed by atoms with Gasteiger partial charge in [-0.2, -0.15) is 0 Å². The molecule has 1 aliphatic rings. The lowest BCUT2D eigenvalue weighted by Crippen LogP contribution is -2.39. The minimum Gasteiger partial charge on any atom is -0.266 e. The Morgan fingerprint density at radius 1 is 1.29 bits per heavy atom. The highest BCUT2D eigenvalue weighted by atomic mass is 35.5. The summed E-state index contributed by atoms with van der Waals surface area (Å²) in [5.74, 6) is 0.270. The minimum atomic E-state index is -3.62. The molecule has 0 amide bonds. The van der Waals surface area contributed by atoms with Gasteiger partial charge >= 0.3 is 0 Å². The highest BCUT2D eigenvalue weighted by Crippen LogP contribution is 2.33. The summed E-state index contributed by atoms with van der Waals surface area (Å²) in [6.07, 6.45) is 2.30. The molecule has 1 atom stereocenters. The van der Waals surface area contributed by atoms with Crippen molar-refractivity contribution in [3.63, 3.8) is 0 Å². The summed E-state index contributed by atoms with van der Waals surface area (Å²) < 4.78 is 27.2. The molecule has 3 rings (SSSR count). The van der Waals surface area contributed by atoms with Crippen molar-refractivity contribution >= 4 is 27.3 Å². The maximum atomic E-state index is 12.9. The number of hydrogen-bond donors (Lipinski definition) is 0. The van der Waals surface area contributed by atoms with Gasteiger partial charge < -0.3 is 0 Å². The molecule has 0 radical (unpaired) electrons. The van der Waals surface area contributed by atoms with E-state index in [9.17, 15) is 8.42 Å². The van der Waals surface area contributed by atoms with Crippen LogP contribution in [0.1, 0.15) is 12.5 Å². The molecule has 1 aromatic heterocycles. The molecule has 4 nitrogen and oxygen atoms in total. The Morgan fingerprint density at radius 2 is 2.05 bits per heavy atom. The molecule has 0 saturated heterocycles. The smallest absolute Gasteiger partial charge is 0.264 e. The van der Waals surface area contributed by atoms with E-state index in [1.807, 2.05) is 24.3 Å². The van der Waals surface area contributed by atoms with Crippen molar-refractivity contribution in [1.29, 1.82) is 0 Å². The van der Waals surface area contributed by atoms with Crippen LogP contribution in [0, 0.1) is 5.92 Å². The third kappa shape index (κ3) is 2.63. The Hall–Kier alpha value is -1.59. The number of halogens is 1. The van der Waals surface area contributed by atoms with E-state index < -0.39 is 10.0 Å². The van der Waals surface area contributed by atoms with Crippen LogP contribution >= 0.6 is 11.6 Å². The van der Waals surface area contributed by atoms with E-state index >= 15 is 0 Å². The number of anilines is 1. The van der Waals surface area contributed by atoms with Crippen molar-refractivity contribution in [3.8, 4) is 0 Å². The van der Waals surface area contributed by atoms with Gasteiger partial charge in [0.1, 0.15) is 5.15 Å². The van der Waals surface area contributed by atoms with Crippen LogP contribution in [0.5, 0.6) is 0 Å². The molecule has 21 heavy (non-hydrogen) atoms. The van der Waals surface area contributed by atoms with E-state index in [2.05, 4.69) is 11.9 Å². The van der Waals surface area contributed by atoms with E-state index in [4.69, 9.17) is 11.6 Å². The lowest BCUT2D eigenvalue weighted by molar-refractivity contribution is 0.544. The van der Waals surface area contributed by atoms with E-state index in [1.165, 1.54) is 22.6 Å². The molecule has 1 aromatic carbocycles. The van der Waals surface area contributed by atoms with E-state index in [1.54, 1.807) is 0 Å². The Morgan fingerprint density at radius 3 is 2.81 bits per heavy atom. The molecular weight excluding hydrogens is 308 g/mol. The number of rotatable bonds is 2. The number of nitrogens with zero attached hydrogens (tertiary/aromatic N) is 2. The Labute approximate surface area is 129 Å². The van der Waals surface area contributed by atoms with Gasteiger partial charge in [0.05, 0.1) is 10.6 Å². The third-order valence-corrected chi connectivity index (χ3v) is 5.57. The second-order valence-corrected chi connectivity index (χ2v) is 7.54. The summed E-state index contributed by atoms with van der Waals surface area (Å²) in [5, 5.41) is 0.175. The predicted molar refractivity (Wildman–Crippen MR) is 83.1 cm³/mol. The molecule has 0 spiro atoms. The topological polar surface area (TPSA) is 50.3 Å². The second-order valence-electron chi connectivity index (χ2n) is 5.29. The third-order valence-electron chi connectivity index (χ3n) is 3.59. The maximum Gasteiger partial charge on any atom is 0.264 e. The van der Waals surface area contributed by atoms with Crippen molar-refractivity contribution in [2.24, 2.45) is 5.92 Å². The first-order chi connectivity index (χ1) is 9.98. The lowest BCUT2D eigenvalue weighted by Gasteiger charge is -2.33. The second kappa shape index (κ2) is 5.31. The van der Waals surface area contributed by atoms with Gasteiger partial charge in [0, 0.05) is 12.7 Å². The number of para-hydroxylation sites is 1. The molecular formula is C15H15ClN2O2S. The number of hydrogen-bond acceptors (Lipinski definition) is 3. The fraction of sp³-hybridized carbons (Fsp3) is 0.267. The number of sulfonamides is 1. The molecule has 1 aliphatic heterocycles. The van der Waals surface area contributed by atoms with E-state index in [0.717, 1.165) is 17.7 Å². The number of fused-ring (bicyclic) bond motifs is 1. The zero-order valence-electron chi connectivity index (χ0n) is 11.5. The van der Waals surface area contributed by atoms with Crippen LogP contribution in [0.25, 0.3) is 0 Å². The first-order valence-electron chi connectivity index (χ1n) is 6.70. The van der Waals surface area contributed by atoms with Crippen molar-refractivity contribution < 1.29 is 8.42 Å². The summed E-state index contributed by atoms with van der Waals surface area (Å²) in [6.45, 7) is 2.53. The molecule has 0 saturated carbocycles. The van der Waals surface area contributed by atoms with Crippen LogP contribution in [0.2, 0.25) is 5.15 Å². The van der Waals surface area contributed by atoms with Crippen molar-refractivity contribution in [3.05, 3.63) is 53.3 Å². The standard InChI is InChI=1S/C15H15ClN2O2S/c1-11-8-12-4-2-3-5-14(12)18(10-11)21(19,20)13-6-7-17-15(16)9-13/h2-7,9,11H,8,10H2,1H3. The average Bonchev–Trinajstić information content (AvgIpc) is 2.46. The largest absolute Gasteiger partial charge is 0.266 e. The average molecular weight is 323 g/mol. The maximum absolute atomic E-state index is 12.9. The van der Waals surface area contributed by atoms with Gasteiger partial charge in [-0.1, -0.05) is 36.7 Å². The molecule has 1 unspecified atom stereocenters. The minimum absolute atomic E-state index is 0.173. The fourth-order valence-electron chi connectivity index (χ4n) is 2.65. The Balaban J connectivity index is 2.11. The van der Waals surface area contributed by atoms with Crippen LogP contribution in [-0.2, 0) is 16.4 Å². The first-order valence-corrected chi connectivity index (χ1v) is 8.52. The monoisotopic (exact) mass is 322 g/mol. The molecule has 110 valence electrons. The van der Waals surface area contributed by atoms with Crippen LogP contribution < -0.4 is 4.31 Å². The normalized spacial score (nSPS) is 18.4. The van der Waals surface area contributed by atoms with Gasteiger partial charge in [0.25, 0.3) is 10.0 Å². The van der Waals surface area contributed by atoms with Gasteiger partial charge in [0.2, 0.25) is 0 Å². The fourth-order valence-corrected chi connectivity index (χ4v) is 4.52. The predicted octanol–water partition coefficient (Wildman–Crippen LogP) is 3.12. The van der Waals surface area contributed by atoms with Gasteiger partial charge in [0.15, 0.2) is 0 Å². The van der Waals surface area contributed by atoms with Gasteiger partial charge in [-0.15, -0.1) is 0 Å². The molecule has 0 fully saturated rings. The zero-order chi connectivity index (χ0) is 15.0. The van der Waals surface area contributed by atoms with Crippen LogP contribution in [0.3, 0.4) is 0 Å². The van der Waals surface area contributed by atoms with Gasteiger partial charge in [-0.3, -0.25) is 4.31 Å². The Kier molecular flexibility index (Phi) is 3.63.